The lowest BCUT2D eigenvalue weighted by atomic mass is 10.1. The summed E-state index contributed by atoms with van der Waals surface area (Å²) in [6.45, 7) is 3.59. The summed E-state index contributed by atoms with van der Waals surface area (Å²) in [7, 11) is 3.35. The van der Waals surface area contributed by atoms with Crippen molar-refractivity contribution in [2.45, 2.75) is 25.8 Å². The van der Waals surface area contributed by atoms with E-state index in [1.54, 1.807) is 24.0 Å². The predicted octanol–water partition coefficient (Wildman–Crippen LogP) is 0.870. The van der Waals surface area contributed by atoms with E-state index < -0.39 is 5.97 Å². The molecule has 18 heavy (non-hydrogen) atoms. The minimum atomic E-state index is -0.796. The molecule has 1 aliphatic rings. The van der Waals surface area contributed by atoms with Gasteiger partial charge >= 0.3 is 12.0 Å². The quantitative estimate of drug-likeness (QED) is 0.794. The maximum absolute atomic E-state index is 12.1. The van der Waals surface area contributed by atoms with E-state index in [2.05, 4.69) is 0 Å². The number of urea groups is 1. The Morgan fingerprint density at radius 2 is 2.22 bits per heavy atom. The number of carbonyl (C=O) groups excluding carboxylic acids is 1. The summed E-state index contributed by atoms with van der Waals surface area (Å²) in [5.41, 5.74) is 0. The fourth-order valence-corrected chi connectivity index (χ4v) is 2.18. The molecular formula is C12H22N2O4. The zero-order valence-corrected chi connectivity index (χ0v) is 11.3. The Labute approximate surface area is 107 Å². The van der Waals surface area contributed by atoms with Crippen LogP contribution in [0.1, 0.15) is 19.8 Å². The monoisotopic (exact) mass is 258 g/mol. The highest BCUT2D eigenvalue weighted by Crippen LogP contribution is 2.20. The highest BCUT2D eigenvalue weighted by Gasteiger charge is 2.30. The number of aliphatic carboxylic acids is 1. The van der Waals surface area contributed by atoms with E-state index in [1.807, 2.05) is 6.92 Å². The van der Waals surface area contributed by atoms with Gasteiger partial charge in [0.2, 0.25) is 0 Å². The molecule has 0 aromatic rings. The molecule has 1 heterocycles. The molecule has 1 rings (SSSR count). The maximum Gasteiger partial charge on any atom is 0.320 e. The van der Waals surface area contributed by atoms with Gasteiger partial charge in [-0.05, 0) is 19.3 Å². The molecule has 6 heteroatoms. The summed E-state index contributed by atoms with van der Waals surface area (Å²) in [6.07, 6.45) is 0.908. The van der Waals surface area contributed by atoms with Crippen molar-refractivity contribution < 1.29 is 19.4 Å². The molecule has 0 aliphatic carbocycles. The first kappa shape index (κ1) is 14.8. The van der Waals surface area contributed by atoms with Gasteiger partial charge in [-0.3, -0.25) is 4.79 Å². The molecule has 0 spiro atoms. The van der Waals surface area contributed by atoms with Crippen molar-refractivity contribution in [3.8, 4) is 0 Å². The van der Waals surface area contributed by atoms with E-state index >= 15 is 0 Å². The van der Waals surface area contributed by atoms with E-state index in [0.717, 1.165) is 6.42 Å². The summed E-state index contributed by atoms with van der Waals surface area (Å²) in [5, 5.41) is 8.74. The molecule has 2 atom stereocenters. The van der Waals surface area contributed by atoms with Crippen molar-refractivity contribution in [1.82, 2.24) is 9.80 Å². The standard InChI is InChI=1S/C12H22N2O4/c1-9(8-18-3)13(2)12(17)14-5-4-10(7-14)6-11(15)16/h9-10H,4-8H2,1-3H3,(H,15,16). The number of hydrogen-bond acceptors (Lipinski definition) is 3. The van der Waals surface area contributed by atoms with Crippen LogP contribution in [0, 0.1) is 5.92 Å². The SMILES string of the molecule is COCC(C)N(C)C(=O)N1CCC(CC(=O)O)C1. The van der Waals surface area contributed by atoms with Gasteiger partial charge in [-0.2, -0.15) is 0 Å². The maximum atomic E-state index is 12.1. The third-order valence-corrected chi connectivity index (χ3v) is 3.39. The first-order valence-electron chi connectivity index (χ1n) is 6.18. The summed E-state index contributed by atoms with van der Waals surface area (Å²) in [6, 6.07) is -0.0338. The second kappa shape index (κ2) is 6.58. The number of carbonyl (C=O) groups is 2. The highest BCUT2D eigenvalue weighted by atomic mass is 16.5. The van der Waals surface area contributed by atoms with Crippen LogP contribution in [0.3, 0.4) is 0 Å². The fourth-order valence-electron chi connectivity index (χ4n) is 2.18. The third kappa shape index (κ3) is 3.87. The van der Waals surface area contributed by atoms with Crippen LogP contribution in [0.5, 0.6) is 0 Å². The normalized spacial score (nSPS) is 20.8. The van der Waals surface area contributed by atoms with Gasteiger partial charge in [0.25, 0.3) is 0 Å². The second-order valence-electron chi connectivity index (χ2n) is 4.90. The fraction of sp³-hybridized carbons (Fsp3) is 0.833. The zero-order chi connectivity index (χ0) is 13.7. The molecule has 2 amide bonds. The minimum absolute atomic E-state index is 0.0148. The Morgan fingerprint density at radius 1 is 1.56 bits per heavy atom. The first-order chi connectivity index (χ1) is 8.45. The van der Waals surface area contributed by atoms with Gasteiger partial charge in [0, 0.05) is 33.7 Å². The van der Waals surface area contributed by atoms with Crippen LogP contribution in [-0.2, 0) is 9.53 Å². The highest BCUT2D eigenvalue weighted by molar-refractivity contribution is 5.75. The number of likely N-dealkylation sites (tertiary alicyclic amines) is 1. The number of rotatable bonds is 5. The van der Waals surface area contributed by atoms with Crippen LogP contribution in [0.2, 0.25) is 0 Å². The van der Waals surface area contributed by atoms with Crippen LogP contribution < -0.4 is 0 Å². The first-order valence-corrected chi connectivity index (χ1v) is 6.18. The summed E-state index contributed by atoms with van der Waals surface area (Å²) in [5.74, 6) is -0.715. The van der Waals surface area contributed by atoms with Crippen molar-refractivity contribution in [3.63, 3.8) is 0 Å². The van der Waals surface area contributed by atoms with E-state index in [0.29, 0.717) is 19.7 Å². The van der Waals surface area contributed by atoms with Gasteiger partial charge in [-0.25, -0.2) is 4.79 Å². The molecule has 6 nitrogen and oxygen atoms in total. The molecule has 0 aromatic heterocycles. The third-order valence-electron chi connectivity index (χ3n) is 3.39. The summed E-state index contributed by atoms with van der Waals surface area (Å²) in [4.78, 5) is 26.1. The van der Waals surface area contributed by atoms with Gasteiger partial charge in [-0.1, -0.05) is 0 Å². The number of hydrogen-bond donors (Lipinski definition) is 1. The van der Waals surface area contributed by atoms with E-state index in [1.165, 1.54) is 0 Å². The largest absolute Gasteiger partial charge is 0.481 e. The van der Waals surface area contributed by atoms with Gasteiger partial charge in [0.05, 0.1) is 12.6 Å². The number of nitrogens with zero attached hydrogens (tertiary/aromatic N) is 2. The van der Waals surface area contributed by atoms with Crippen molar-refractivity contribution in [3.05, 3.63) is 0 Å². The molecule has 1 fully saturated rings. The molecule has 0 saturated carbocycles. The number of likely N-dealkylation sites (N-methyl/N-ethyl adjacent to an activating group) is 1. The Morgan fingerprint density at radius 3 is 2.78 bits per heavy atom. The molecule has 1 aliphatic heterocycles. The van der Waals surface area contributed by atoms with Crippen LogP contribution in [0.25, 0.3) is 0 Å². The Bertz CT molecular complexity index is 308. The number of ether oxygens (including phenoxy) is 1. The van der Waals surface area contributed by atoms with Crippen molar-refractivity contribution in [2.75, 3.05) is 33.9 Å². The van der Waals surface area contributed by atoms with Crippen molar-refractivity contribution in [2.24, 2.45) is 5.92 Å². The Hall–Kier alpha value is -1.30. The average Bonchev–Trinajstić information content (AvgIpc) is 2.75. The molecule has 104 valence electrons. The lowest BCUT2D eigenvalue weighted by Crippen LogP contribution is -2.45. The smallest absolute Gasteiger partial charge is 0.320 e. The van der Waals surface area contributed by atoms with Gasteiger partial charge in [0.1, 0.15) is 0 Å². The lowest BCUT2D eigenvalue weighted by molar-refractivity contribution is -0.138. The van der Waals surface area contributed by atoms with Crippen LogP contribution in [-0.4, -0.2) is 66.8 Å². The van der Waals surface area contributed by atoms with Crippen molar-refractivity contribution in [1.29, 1.82) is 0 Å². The Kier molecular flexibility index (Phi) is 5.40. The van der Waals surface area contributed by atoms with Crippen molar-refractivity contribution >= 4 is 12.0 Å². The number of methoxy groups -OCH3 is 1. The van der Waals surface area contributed by atoms with Crippen LogP contribution >= 0.6 is 0 Å². The van der Waals surface area contributed by atoms with Gasteiger partial charge in [-0.15, -0.1) is 0 Å². The molecular weight excluding hydrogens is 236 g/mol. The Balaban J connectivity index is 2.46. The molecule has 0 radical (unpaired) electrons. The minimum Gasteiger partial charge on any atom is -0.481 e. The molecule has 2 unspecified atom stereocenters. The lowest BCUT2D eigenvalue weighted by Gasteiger charge is -2.29. The number of carboxylic acids is 1. The van der Waals surface area contributed by atoms with Gasteiger partial charge in [0.15, 0.2) is 0 Å². The number of amides is 2. The second-order valence-corrected chi connectivity index (χ2v) is 4.90. The van der Waals surface area contributed by atoms with Crippen LogP contribution in [0.4, 0.5) is 4.79 Å². The summed E-state index contributed by atoms with van der Waals surface area (Å²) >= 11 is 0. The molecule has 1 saturated heterocycles. The molecule has 0 aromatic carbocycles. The van der Waals surface area contributed by atoms with E-state index in [4.69, 9.17) is 9.84 Å². The van der Waals surface area contributed by atoms with Crippen LogP contribution in [0.15, 0.2) is 0 Å². The van der Waals surface area contributed by atoms with Gasteiger partial charge < -0.3 is 19.6 Å². The number of carboxylic acid groups (broad SMARTS) is 1. The average molecular weight is 258 g/mol. The molecule has 1 N–H and O–H groups in total. The topological polar surface area (TPSA) is 70.1 Å². The zero-order valence-electron chi connectivity index (χ0n) is 11.3. The summed E-state index contributed by atoms with van der Waals surface area (Å²) < 4.78 is 5.02. The van der Waals surface area contributed by atoms with E-state index in [9.17, 15) is 9.59 Å². The van der Waals surface area contributed by atoms with E-state index in [-0.39, 0.29) is 24.4 Å². The predicted molar refractivity (Wildman–Crippen MR) is 66.4 cm³/mol. The molecule has 0 bridgehead atoms.